The first-order valence-electron chi connectivity index (χ1n) is 12.7. The maximum absolute atomic E-state index is 14.4. The highest BCUT2D eigenvalue weighted by atomic mass is 19.3. The Hall–Kier alpha value is -3.93. The second-order valence-corrected chi connectivity index (χ2v) is 10.7. The number of nitrogens with one attached hydrogen (secondary N) is 1. The number of aromatic nitrogens is 6. The molecule has 0 saturated carbocycles. The van der Waals surface area contributed by atoms with E-state index in [4.69, 9.17) is 14.6 Å². The van der Waals surface area contributed by atoms with E-state index in [1.54, 1.807) is 13.1 Å². The highest BCUT2D eigenvalue weighted by Crippen LogP contribution is 2.38. The van der Waals surface area contributed by atoms with Gasteiger partial charge in [0.05, 0.1) is 30.1 Å². The lowest BCUT2D eigenvalue weighted by Crippen LogP contribution is -2.22. The average molecular weight is 540 g/mol. The molecule has 0 spiro atoms. The zero-order chi connectivity index (χ0) is 27.9. The predicted octanol–water partition coefficient (Wildman–Crippen LogP) is 5.42. The quantitative estimate of drug-likeness (QED) is 0.316. The van der Waals surface area contributed by atoms with Crippen LogP contribution in [0.1, 0.15) is 63.5 Å². The standard InChI is InChI=1S/C27H31F2N7O3/c1-15(37)10-16-11-18(6-8-30-16)39-19-13-31-25-23(22(19)24(28)29)35(5)26(33-25)32-21-12-20(27(2,3)4)36(34-21)17-7-9-38-14-17/h6,8,11-13,17,24H,7,9-10,14H2,1-5H3,(H,31,32,33,34)/t17-/m0/s1. The molecule has 12 heteroatoms. The lowest BCUT2D eigenvalue weighted by Gasteiger charge is -2.22. The number of rotatable bonds is 8. The molecule has 0 radical (unpaired) electrons. The number of Topliss-reactive ketones (excluding diaryl/α,β-unsaturated/α-hetero) is 1. The molecule has 1 saturated heterocycles. The monoisotopic (exact) mass is 539 g/mol. The summed E-state index contributed by atoms with van der Waals surface area (Å²) in [5.74, 6) is 0.975. The van der Waals surface area contributed by atoms with Gasteiger partial charge in [0, 0.05) is 49.5 Å². The third-order valence-electron chi connectivity index (χ3n) is 6.56. The third kappa shape index (κ3) is 5.47. The number of nitrogens with zero attached hydrogens (tertiary/aromatic N) is 6. The number of carbonyl (C=O) groups is 1. The third-order valence-corrected chi connectivity index (χ3v) is 6.56. The van der Waals surface area contributed by atoms with Crippen LogP contribution in [0.3, 0.4) is 0 Å². The average Bonchev–Trinajstić information content (AvgIpc) is 3.59. The van der Waals surface area contributed by atoms with Crippen LogP contribution in [0.25, 0.3) is 11.2 Å². The van der Waals surface area contributed by atoms with Gasteiger partial charge < -0.3 is 19.4 Å². The van der Waals surface area contributed by atoms with Gasteiger partial charge in [0.25, 0.3) is 6.43 Å². The number of hydrogen-bond acceptors (Lipinski definition) is 8. The maximum Gasteiger partial charge on any atom is 0.269 e. The molecule has 1 aliphatic heterocycles. The minimum Gasteiger partial charge on any atom is -0.455 e. The van der Waals surface area contributed by atoms with Gasteiger partial charge in [-0.2, -0.15) is 10.1 Å². The van der Waals surface area contributed by atoms with Crippen molar-refractivity contribution in [2.45, 2.75) is 58.4 Å². The van der Waals surface area contributed by atoms with Crippen LogP contribution in [0.5, 0.6) is 11.5 Å². The Morgan fingerprint density at radius 1 is 1.28 bits per heavy atom. The highest BCUT2D eigenvalue weighted by Gasteiger charge is 2.29. The topological polar surface area (TPSA) is 109 Å². The first kappa shape index (κ1) is 26.7. The van der Waals surface area contributed by atoms with E-state index >= 15 is 0 Å². The summed E-state index contributed by atoms with van der Waals surface area (Å²) in [4.78, 5) is 24.4. The summed E-state index contributed by atoms with van der Waals surface area (Å²) in [6.45, 7) is 9.07. The Morgan fingerprint density at radius 2 is 2.08 bits per heavy atom. The Morgan fingerprint density at radius 3 is 2.74 bits per heavy atom. The van der Waals surface area contributed by atoms with Crippen LogP contribution in [0.4, 0.5) is 20.5 Å². The van der Waals surface area contributed by atoms with Crippen molar-refractivity contribution in [2.24, 2.45) is 7.05 Å². The molecule has 10 nitrogen and oxygen atoms in total. The van der Waals surface area contributed by atoms with Crippen molar-refractivity contribution in [1.82, 2.24) is 29.3 Å². The number of pyridine rings is 2. The van der Waals surface area contributed by atoms with Gasteiger partial charge in [0.2, 0.25) is 5.95 Å². The molecule has 1 atom stereocenters. The first-order chi connectivity index (χ1) is 18.5. The van der Waals surface area contributed by atoms with Crippen molar-refractivity contribution in [2.75, 3.05) is 18.5 Å². The number of fused-ring (bicyclic) bond motifs is 1. The van der Waals surface area contributed by atoms with Gasteiger partial charge in [0.15, 0.2) is 17.2 Å². The number of halogens is 2. The summed E-state index contributed by atoms with van der Waals surface area (Å²) in [5, 5.41) is 7.97. The number of carbonyl (C=O) groups excluding carboxylic acids is 1. The molecule has 0 unspecified atom stereocenters. The molecule has 0 amide bonds. The van der Waals surface area contributed by atoms with E-state index in [0.717, 1.165) is 12.1 Å². The molecule has 4 aromatic heterocycles. The van der Waals surface area contributed by atoms with Crippen molar-refractivity contribution in [1.29, 1.82) is 0 Å². The van der Waals surface area contributed by atoms with Crippen LogP contribution in [0, 0.1) is 0 Å². The molecule has 206 valence electrons. The zero-order valence-corrected chi connectivity index (χ0v) is 22.5. The Balaban J connectivity index is 1.50. The van der Waals surface area contributed by atoms with Gasteiger partial charge in [-0.1, -0.05) is 20.8 Å². The van der Waals surface area contributed by atoms with Crippen LogP contribution >= 0.6 is 0 Å². The summed E-state index contributed by atoms with van der Waals surface area (Å²) in [5.41, 5.74) is 1.30. The fourth-order valence-corrected chi connectivity index (χ4v) is 4.71. The molecule has 39 heavy (non-hydrogen) atoms. The number of alkyl halides is 2. The molecule has 5 rings (SSSR count). The molecule has 0 aromatic carbocycles. The van der Waals surface area contributed by atoms with Crippen molar-refractivity contribution < 1.29 is 23.0 Å². The zero-order valence-electron chi connectivity index (χ0n) is 22.5. The van der Waals surface area contributed by atoms with E-state index in [2.05, 4.69) is 41.0 Å². The molecule has 0 aliphatic carbocycles. The van der Waals surface area contributed by atoms with E-state index in [1.165, 1.54) is 30.0 Å². The Kier molecular flexibility index (Phi) is 7.06. The van der Waals surface area contributed by atoms with Crippen LogP contribution < -0.4 is 10.1 Å². The van der Waals surface area contributed by atoms with E-state index in [1.807, 2.05) is 10.7 Å². The number of aryl methyl sites for hydroxylation is 1. The fourth-order valence-electron chi connectivity index (χ4n) is 4.71. The largest absolute Gasteiger partial charge is 0.455 e. The number of anilines is 2. The van der Waals surface area contributed by atoms with Gasteiger partial charge in [-0.15, -0.1) is 0 Å². The maximum atomic E-state index is 14.4. The molecule has 1 fully saturated rings. The summed E-state index contributed by atoms with van der Waals surface area (Å²) < 4.78 is 43.8. The lowest BCUT2D eigenvalue weighted by atomic mass is 9.91. The summed E-state index contributed by atoms with van der Waals surface area (Å²) in [6, 6.07) is 5.18. The van der Waals surface area contributed by atoms with Crippen molar-refractivity contribution in [3.8, 4) is 11.5 Å². The van der Waals surface area contributed by atoms with E-state index in [0.29, 0.717) is 30.7 Å². The van der Waals surface area contributed by atoms with Crippen molar-refractivity contribution >= 4 is 28.7 Å². The van der Waals surface area contributed by atoms with Crippen molar-refractivity contribution in [3.63, 3.8) is 0 Å². The highest BCUT2D eigenvalue weighted by molar-refractivity contribution is 5.82. The predicted molar refractivity (Wildman–Crippen MR) is 141 cm³/mol. The summed E-state index contributed by atoms with van der Waals surface area (Å²) >= 11 is 0. The normalized spacial score (nSPS) is 15.8. The molecule has 0 bridgehead atoms. The Bertz CT molecular complexity index is 1520. The van der Waals surface area contributed by atoms with Crippen molar-refractivity contribution in [3.05, 3.63) is 47.5 Å². The van der Waals surface area contributed by atoms with E-state index in [9.17, 15) is 13.6 Å². The van der Waals surface area contributed by atoms with Gasteiger partial charge in [-0.3, -0.25) is 14.5 Å². The van der Waals surface area contributed by atoms with Crippen LogP contribution in [-0.4, -0.2) is 48.3 Å². The molecular formula is C27H31F2N7O3. The summed E-state index contributed by atoms with van der Waals surface area (Å²) in [6.07, 6.45) is 0.831. The SMILES string of the molecule is CC(=O)Cc1cc(Oc2cnc3nc(Nc4cc(C(C)(C)C)n([C@H]5CCOC5)n4)n(C)c3c2C(F)F)ccn1. The Labute approximate surface area is 224 Å². The molecule has 1 N–H and O–H groups in total. The van der Waals surface area contributed by atoms with E-state index < -0.39 is 6.43 Å². The minimum atomic E-state index is -2.86. The molecular weight excluding hydrogens is 508 g/mol. The fraction of sp³-hybridized carbons (Fsp3) is 0.444. The number of imidazole rings is 1. The van der Waals surface area contributed by atoms with Gasteiger partial charge in [-0.05, 0) is 19.4 Å². The first-order valence-corrected chi connectivity index (χ1v) is 12.7. The van der Waals surface area contributed by atoms with Gasteiger partial charge in [-0.25, -0.2) is 13.8 Å². The van der Waals surface area contributed by atoms with Crippen LogP contribution in [0.2, 0.25) is 0 Å². The second kappa shape index (κ2) is 10.3. The molecule has 5 heterocycles. The summed E-state index contributed by atoms with van der Waals surface area (Å²) in [7, 11) is 1.64. The lowest BCUT2D eigenvalue weighted by molar-refractivity contribution is -0.116. The second-order valence-electron chi connectivity index (χ2n) is 10.7. The van der Waals surface area contributed by atoms with Gasteiger partial charge in [0.1, 0.15) is 17.0 Å². The number of ketones is 1. The number of ether oxygens (including phenoxy) is 2. The van der Waals surface area contributed by atoms with Crippen LogP contribution in [-0.2, 0) is 28.4 Å². The minimum absolute atomic E-state index is 0.0676. The molecule has 1 aliphatic rings. The number of hydrogen-bond donors (Lipinski definition) is 1. The van der Waals surface area contributed by atoms with Crippen LogP contribution in [0.15, 0.2) is 30.6 Å². The smallest absolute Gasteiger partial charge is 0.269 e. The van der Waals surface area contributed by atoms with Gasteiger partial charge >= 0.3 is 0 Å². The molecule has 4 aromatic rings. The van der Waals surface area contributed by atoms with E-state index in [-0.39, 0.29) is 51.9 Å².